The van der Waals surface area contributed by atoms with Gasteiger partial charge in [0.2, 0.25) is 5.91 Å². The van der Waals surface area contributed by atoms with Crippen LogP contribution >= 0.6 is 0 Å². The van der Waals surface area contributed by atoms with E-state index in [1.54, 1.807) is 0 Å². The Bertz CT molecular complexity index is 451. The first-order chi connectivity index (χ1) is 8.56. The molecule has 1 N–H and O–H groups in total. The van der Waals surface area contributed by atoms with Crippen LogP contribution in [0, 0.1) is 23.0 Å². The minimum Gasteiger partial charge on any atom is -0.361 e. The Morgan fingerprint density at radius 2 is 2.06 bits per heavy atom. The summed E-state index contributed by atoms with van der Waals surface area (Å²) in [5, 5.41) is 10.8. The number of nitrogens with zero attached hydrogens (tertiary/aromatic N) is 2. The second-order valence-electron chi connectivity index (χ2n) is 3.68. The third-order valence-electron chi connectivity index (χ3n) is 2.26. The average Bonchev–Trinajstić information content (AvgIpc) is 2.29. The van der Waals surface area contributed by atoms with Crippen LogP contribution < -0.4 is 10.2 Å². The molecular weight excluding hydrogens is 240 g/mol. The maximum atomic E-state index is 13.4. The molecule has 0 saturated heterocycles. The molecule has 1 amide bonds. The van der Waals surface area contributed by atoms with Gasteiger partial charge in [0.15, 0.2) is 0 Å². The number of nitriles is 1. The van der Waals surface area contributed by atoms with Crippen LogP contribution in [0.3, 0.4) is 0 Å². The molecule has 0 saturated carbocycles. The van der Waals surface area contributed by atoms with Crippen molar-refractivity contribution in [1.29, 1.82) is 5.26 Å². The number of para-hydroxylation sites is 1. The van der Waals surface area contributed by atoms with Crippen LogP contribution in [-0.2, 0) is 4.79 Å². The number of benzene rings is 1. The van der Waals surface area contributed by atoms with Crippen molar-refractivity contribution in [1.82, 2.24) is 5.32 Å². The van der Waals surface area contributed by atoms with E-state index in [0.717, 1.165) is 12.1 Å². The third-order valence-corrected chi connectivity index (χ3v) is 2.26. The summed E-state index contributed by atoms with van der Waals surface area (Å²) in [6.45, 7) is 0.0478. The highest BCUT2D eigenvalue weighted by molar-refractivity contribution is 5.81. The number of anilines is 1. The molecule has 0 aromatic heterocycles. The Morgan fingerprint density at radius 1 is 1.44 bits per heavy atom. The van der Waals surface area contributed by atoms with Crippen molar-refractivity contribution in [2.24, 2.45) is 0 Å². The second kappa shape index (κ2) is 6.55. The summed E-state index contributed by atoms with van der Waals surface area (Å²) in [7, 11) is 1.42. The highest BCUT2D eigenvalue weighted by Gasteiger charge is 2.15. The topological polar surface area (TPSA) is 56.1 Å². The molecule has 0 heterocycles. The van der Waals surface area contributed by atoms with E-state index in [2.05, 4.69) is 5.32 Å². The van der Waals surface area contributed by atoms with Crippen LogP contribution in [-0.4, -0.2) is 26.0 Å². The molecule has 4 nitrogen and oxygen atoms in total. The number of amides is 1. The van der Waals surface area contributed by atoms with E-state index >= 15 is 0 Å². The van der Waals surface area contributed by atoms with E-state index in [1.807, 2.05) is 6.07 Å². The predicted molar refractivity (Wildman–Crippen MR) is 62.9 cm³/mol. The van der Waals surface area contributed by atoms with Crippen LogP contribution in [0.15, 0.2) is 18.2 Å². The van der Waals surface area contributed by atoms with Crippen LogP contribution in [0.1, 0.15) is 6.42 Å². The Morgan fingerprint density at radius 3 is 2.61 bits per heavy atom. The lowest BCUT2D eigenvalue weighted by Crippen LogP contribution is -2.36. The fourth-order valence-electron chi connectivity index (χ4n) is 1.46. The fourth-order valence-corrected chi connectivity index (χ4v) is 1.46. The number of rotatable bonds is 5. The Hall–Kier alpha value is -2.16. The normalized spacial score (nSPS) is 9.67. The smallest absolute Gasteiger partial charge is 0.239 e. The molecule has 0 unspecified atom stereocenters. The Kier molecular flexibility index (Phi) is 5.06. The molecule has 0 fully saturated rings. The maximum absolute atomic E-state index is 13.4. The second-order valence-corrected chi connectivity index (χ2v) is 3.68. The van der Waals surface area contributed by atoms with E-state index < -0.39 is 17.5 Å². The van der Waals surface area contributed by atoms with Gasteiger partial charge in [0.25, 0.3) is 0 Å². The molecule has 0 radical (unpaired) electrons. The van der Waals surface area contributed by atoms with Gasteiger partial charge in [-0.2, -0.15) is 5.26 Å². The number of likely N-dealkylation sites (N-methyl/N-ethyl adjacent to an activating group) is 1. The Balaban J connectivity index is 2.63. The van der Waals surface area contributed by atoms with Gasteiger partial charge in [0.05, 0.1) is 19.0 Å². The van der Waals surface area contributed by atoms with Crippen molar-refractivity contribution in [3.05, 3.63) is 29.8 Å². The molecule has 0 aliphatic rings. The quantitative estimate of drug-likeness (QED) is 0.808. The van der Waals surface area contributed by atoms with Gasteiger partial charge in [-0.15, -0.1) is 0 Å². The standard InChI is InChI=1S/C12H13F2N3O/c1-17(8-11(18)16-7-3-6-15)12-9(13)4-2-5-10(12)14/h2,4-5H,3,7-8H2,1H3,(H,16,18). The monoisotopic (exact) mass is 253 g/mol. The van der Waals surface area contributed by atoms with Crippen molar-refractivity contribution in [2.75, 3.05) is 25.0 Å². The van der Waals surface area contributed by atoms with Gasteiger partial charge in [0, 0.05) is 13.6 Å². The molecule has 0 spiro atoms. The van der Waals surface area contributed by atoms with Gasteiger partial charge in [0.1, 0.15) is 17.3 Å². The van der Waals surface area contributed by atoms with Crippen LogP contribution in [0.25, 0.3) is 0 Å². The van der Waals surface area contributed by atoms with Crippen LogP contribution in [0.4, 0.5) is 14.5 Å². The summed E-state index contributed by atoms with van der Waals surface area (Å²) in [4.78, 5) is 12.6. The molecule has 0 aliphatic carbocycles. The van der Waals surface area contributed by atoms with Crippen LogP contribution in [0.2, 0.25) is 0 Å². The SMILES string of the molecule is CN(CC(=O)NCCC#N)c1c(F)cccc1F. The zero-order chi connectivity index (χ0) is 13.5. The molecule has 0 aliphatic heterocycles. The number of nitrogens with one attached hydrogen (secondary N) is 1. The van der Waals surface area contributed by atoms with Gasteiger partial charge in [-0.1, -0.05) is 6.07 Å². The highest BCUT2D eigenvalue weighted by atomic mass is 19.1. The minimum atomic E-state index is -0.720. The summed E-state index contributed by atoms with van der Waals surface area (Å²) in [6.07, 6.45) is 0.198. The summed E-state index contributed by atoms with van der Waals surface area (Å²) < 4.78 is 26.8. The average molecular weight is 253 g/mol. The number of hydrogen-bond acceptors (Lipinski definition) is 3. The van der Waals surface area contributed by atoms with Crippen molar-refractivity contribution < 1.29 is 13.6 Å². The first-order valence-corrected chi connectivity index (χ1v) is 5.35. The molecule has 1 aromatic carbocycles. The zero-order valence-corrected chi connectivity index (χ0v) is 9.91. The fraction of sp³-hybridized carbons (Fsp3) is 0.333. The van der Waals surface area contributed by atoms with E-state index in [-0.39, 0.29) is 25.2 Å². The minimum absolute atomic E-state index is 0.177. The zero-order valence-electron chi connectivity index (χ0n) is 9.91. The number of carbonyl (C=O) groups is 1. The lowest BCUT2D eigenvalue weighted by Gasteiger charge is -2.19. The summed E-state index contributed by atoms with van der Waals surface area (Å²) in [5.41, 5.74) is -0.243. The molecule has 18 heavy (non-hydrogen) atoms. The number of halogens is 2. The van der Waals surface area contributed by atoms with Gasteiger partial charge < -0.3 is 10.2 Å². The Labute approximate surface area is 104 Å². The lowest BCUT2D eigenvalue weighted by molar-refractivity contribution is -0.119. The largest absolute Gasteiger partial charge is 0.361 e. The van der Waals surface area contributed by atoms with E-state index in [9.17, 15) is 13.6 Å². The summed E-state index contributed by atoms with van der Waals surface area (Å²) in [5.74, 6) is -1.83. The summed E-state index contributed by atoms with van der Waals surface area (Å²) in [6, 6.07) is 5.39. The third kappa shape index (κ3) is 3.70. The number of carbonyl (C=O) groups excluding carboxylic acids is 1. The lowest BCUT2D eigenvalue weighted by atomic mass is 10.2. The van der Waals surface area contributed by atoms with E-state index in [4.69, 9.17) is 5.26 Å². The number of hydrogen-bond donors (Lipinski definition) is 1. The molecule has 96 valence electrons. The van der Waals surface area contributed by atoms with E-state index in [0.29, 0.717) is 0 Å². The van der Waals surface area contributed by atoms with Gasteiger partial charge >= 0.3 is 0 Å². The first kappa shape index (κ1) is 13.9. The molecule has 6 heteroatoms. The maximum Gasteiger partial charge on any atom is 0.239 e. The van der Waals surface area contributed by atoms with Crippen LogP contribution in [0.5, 0.6) is 0 Å². The van der Waals surface area contributed by atoms with Gasteiger partial charge in [-0.3, -0.25) is 4.79 Å². The molecule has 1 aromatic rings. The van der Waals surface area contributed by atoms with Crippen molar-refractivity contribution in [3.63, 3.8) is 0 Å². The summed E-state index contributed by atoms with van der Waals surface area (Å²) >= 11 is 0. The molecule has 1 rings (SSSR count). The first-order valence-electron chi connectivity index (χ1n) is 5.35. The molecule has 0 atom stereocenters. The van der Waals surface area contributed by atoms with Gasteiger partial charge in [-0.05, 0) is 12.1 Å². The van der Waals surface area contributed by atoms with Crippen molar-refractivity contribution in [2.45, 2.75) is 6.42 Å². The van der Waals surface area contributed by atoms with Gasteiger partial charge in [-0.25, -0.2) is 8.78 Å². The highest BCUT2D eigenvalue weighted by Crippen LogP contribution is 2.21. The molecular formula is C12H13F2N3O. The van der Waals surface area contributed by atoms with E-state index in [1.165, 1.54) is 18.0 Å². The van der Waals surface area contributed by atoms with Crippen molar-refractivity contribution in [3.8, 4) is 6.07 Å². The predicted octanol–water partition coefficient (Wildman–Crippen LogP) is 1.43. The van der Waals surface area contributed by atoms with Crippen molar-refractivity contribution >= 4 is 11.6 Å². The molecule has 0 bridgehead atoms.